The van der Waals surface area contributed by atoms with Crippen molar-refractivity contribution < 1.29 is 9.90 Å². The highest BCUT2D eigenvalue weighted by molar-refractivity contribution is 5.85. The molecule has 0 aliphatic rings. The van der Waals surface area contributed by atoms with E-state index in [4.69, 9.17) is 0 Å². The zero-order valence-electron chi connectivity index (χ0n) is 14.9. The molecule has 3 rings (SSSR count). The van der Waals surface area contributed by atoms with Crippen LogP contribution in [0.3, 0.4) is 0 Å². The predicted molar refractivity (Wildman–Crippen MR) is 102 cm³/mol. The largest absolute Gasteiger partial charge is 0.507 e. The van der Waals surface area contributed by atoms with Gasteiger partial charge < -0.3 is 5.11 Å². The highest BCUT2D eigenvalue weighted by Gasteiger charge is 2.12. The zero-order chi connectivity index (χ0) is 19.9. The van der Waals surface area contributed by atoms with E-state index in [0.29, 0.717) is 11.4 Å². The van der Waals surface area contributed by atoms with Crippen molar-refractivity contribution in [1.29, 1.82) is 0 Å². The third-order valence-electron chi connectivity index (χ3n) is 3.63. The summed E-state index contributed by atoms with van der Waals surface area (Å²) in [5, 5.41) is 21.5. The number of hydrogen-bond acceptors (Lipinski definition) is 7. The van der Waals surface area contributed by atoms with Crippen LogP contribution < -0.4 is 11.1 Å². The van der Waals surface area contributed by atoms with E-state index in [1.807, 2.05) is 0 Å². The van der Waals surface area contributed by atoms with Crippen LogP contribution >= 0.6 is 0 Å². The number of amides is 1. The second-order valence-electron chi connectivity index (χ2n) is 5.68. The average molecular weight is 379 g/mol. The Morgan fingerprint density at radius 1 is 1.21 bits per heavy atom. The van der Waals surface area contributed by atoms with Crippen molar-refractivity contribution in [3.63, 3.8) is 0 Å². The van der Waals surface area contributed by atoms with Crippen molar-refractivity contribution in [3.05, 3.63) is 76.2 Å². The smallest absolute Gasteiger partial charge is 0.367 e. The standard InChI is InChI=1S/C18H17N7O3/c1-13-23-24(18(28)25(13)21-10-14-6-8-19-9-7-14)12-17(27)22-20-11-15-4-2-3-5-16(15)26/h2-11,26H,12H2,1H3,(H,22,27)/b20-11+,21-10+. The maximum Gasteiger partial charge on any atom is 0.367 e. The van der Waals surface area contributed by atoms with Gasteiger partial charge in [0, 0.05) is 18.0 Å². The molecule has 142 valence electrons. The molecule has 0 unspecified atom stereocenters. The normalized spacial score (nSPS) is 11.3. The molecule has 0 spiro atoms. The van der Waals surface area contributed by atoms with Crippen LogP contribution in [0.1, 0.15) is 17.0 Å². The van der Waals surface area contributed by atoms with Crippen molar-refractivity contribution in [2.24, 2.45) is 10.2 Å². The highest BCUT2D eigenvalue weighted by atomic mass is 16.3. The maximum atomic E-state index is 12.4. The second kappa shape index (κ2) is 8.54. The molecule has 0 saturated heterocycles. The molecule has 10 nitrogen and oxygen atoms in total. The highest BCUT2D eigenvalue weighted by Crippen LogP contribution is 2.12. The molecule has 28 heavy (non-hydrogen) atoms. The first-order valence-corrected chi connectivity index (χ1v) is 8.25. The van der Waals surface area contributed by atoms with E-state index < -0.39 is 11.6 Å². The quantitative estimate of drug-likeness (QED) is 0.476. The number of carbonyl (C=O) groups is 1. The number of phenolic OH excluding ortho intramolecular Hbond substituents is 1. The number of nitrogens with one attached hydrogen (secondary N) is 1. The molecule has 2 aromatic heterocycles. The summed E-state index contributed by atoms with van der Waals surface area (Å²) < 4.78 is 2.09. The fourth-order valence-corrected chi connectivity index (χ4v) is 2.26. The third kappa shape index (κ3) is 4.55. The van der Waals surface area contributed by atoms with Gasteiger partial charge in [0.25, 0.3) is 5.91 Å². The lowest BCUT2D eigenvalue weighted by molar-refractivity contribution is -0.121. The maximum absolute atomic E-state index is 12.4. The molecule has 0 saturated carbocycles. The average Bonchev–Trinajstić information content (AvgIpc) is 2.95. The Hall–Kier alpha value is -4.08. The molecule has 0 aliphatic heterocycles. The summed E-state index contributed by atoms with van der Waals surface area (Å²) in [5.74, 6) is -0.171. The van der Waals surface area contributed by atoms with Crippen molar-refractivity contribution in [1.82, 2.24) is 24.9 Å². The van der Waals surface area contributed by atoms with Crippen molar-refractivity contribution in [2.45, 2.75) is 13.5 Å². The van der Waals surface area contributed by atoms with Crippen LogP contribution in [0.4, 0.5) is 0 Å². The van der Waals surface area contributed by atoms with E-state index in [-0.39, 0.29) is 12.3 Å². The fourth-order valence-electron chi connectivity index (χ4n) is 2.26. The van der Waals surface area contributed by atoms with Crippen LogP contribution in [0.15, 0.2) is 63.8 Å². The van der Waals surface area contributed by atoms with Gasteiger partial charge in [-0.25, -0.2) is 14.9 Å². The Morgan fingerprint density at radius 3 is 2.71 bits per heavy atom. The molecule has 1 amide bonds. The number of carbonyl (C=O) groups excluding carboxylic acids is 1. The number of nitrogens with zero attached hydrogens (tertiary/aromatic N) is 6. The monoisotopic (exact) mass is 379 g/mol. The first kappa shape index (κ1) is 18.7. The first-order valence-electron chi connectivity index (χ1n) is 8.25. The number of hydrazone groups is 1. The lowest BCUT2D eigenvalue weighted by Gasteiger charge is -1.99. The number of rotatable bonds is 6. The molecule has 10 heteroatoms. The number of phenols is 1. The van der Waals surface area contributed by atoms with Crippen LogP contribution in [0, 0.1) is 6.92 Å². The molecule has 0 radical (unpaired) electrons. The Morgan fingerprint density at radius 2 is 1.96 bits per heavy atom. The molecule has 0 fully saturated rings. The van der Waals surface area contributed by atoms with Crippen LogP contribution in [0.2, 0.25) is 0 Å². The van der Waals surface area contributed by atoms with Gasteiger partial charge in [-0.05, 0) is 36.8 Å². The van der Waals surface area contributed by atoms with Gasteiger partial charge in [0.1, 0.15) is 12.3 Å². The van der Waals surface area contributed by atoms with E-state index in [2.05, 4.69) is 25.7 Å². The summed E-state index contributed by atoms with van der Waals surface area (Å²) in [4.78, 5) is 28.3. The minimum absolute atomic E-state index is 0.0399. The number of hydrogen-bond donors (Lipinski definition) is 2. The molecule has 1 aromatic carbocycles. The van der Waals surface area contributed by atoms with Crippen molar-refractivity contribution in [2.75, 3.05) is 0 Å². The molecule has 0 bridgehead atoms. The third-order valence-corrected chi connectivity index (χ3v) is 3.63. The number of aromatic hydroxyl groups is 1. The number of pyridine rings is 1. The number of para-hydroxylation sites is 1. The summed E-state index contributed by atoms with van der Waals surface area (Å²) in [6, 6.07) is 10.0. The summed E-state index contributed by atoms with van der Waals surface area (Å²) in [7, 11) is 0. The Balaban J connectivity index is 1.66. The van der Waals surface area contributed by atoms with Gasteiger partial charge in [-0.1, -0.05) is 12.1 Å². The lowest BCUT2D eigenvalue weighted by Crippen LogP contribution is -2.31. The minimum Gasteiger partial charge on any atom is -0.507 e. The van der Waals surface area contributed by atoms with Gasteiger partial charge in [0.15, 0.2) is 5.82 Å². The molecular formula is C18H17N7O3. The summed E-state index contributed by atoms with van der Waals surface area (Å²) in [6.07, 6.45) is 6.03. The van der Waals surface area contributed by atoms with E-state index in [9.17, 15) is 14.7 Å². The van der Waals surface area contributed by atoms with Crippen LogP contribution in [-0.2, 0) is 11.3 Å². The summed E-state index contributed by atoms with van der Waals surface area (Å²) in [5.41, 5.74) is 2.95. The Bertz CT molecular complexity index is 1080. The van der Waals surface area contributed by atoms with E-state index in [1.54, 1.807) is 49.6 Å². The van der Waals surface area contributed by atoms with Crippen molar-refractivity contribution in [3.8, 4) is 5.75 Å². The minimum atomic E-state index is -0.553. The Kier molecular flexibility index (Phi) is 5.70. The molecule has 2 N–H and O–H groups in total. The molecule has 2 heterocycles. The van der Waals surface area contributed by atoms with Gasteiger partial charge in [0.05, 0.1) is 12.4 Å². The number of aryl methyl sites for hydroxylation is 1. The van der Waals surface area contributed by atoms with Crippen LogP contribution in [0.5, 0.6) is 5.75 Å². The van der Waals surface area contributed by atoms with Gasteiger partial charge in [-0.2, -0.15) is 20.0 Å². The second-order valence-corrected chi connectivity index (χ2v) is 5.68. The van der Waals surface area contributed by atoms with Gasteiger partial charge in [0.2, 0.25) is 0 Å². The number of benzene rings is 1. The van der Waals surface area contributed by atoms with E-state index in [0.717, 1.165) is 14.9 Å². The number of aromatic nitrogens is 4. The SMILES string of the molecule is Cc1nn(CC(=O)N/N=C/c2ccccc2O)c(=O)n1/N=C/c1ccncc1. The lowest BCUT2D eigenvalue weighted by atomic mass is 10.2. The van der Waals surface area contributed by atoms with E-state index >= 15 is 0 Å². The summed E-state index contributed by atoms with van der Waals surface area (Å²) >= 11 is 0. The first-order chi connectivity index (χ1) is 13.5. The molecule has 0 aliphatic carbocycles. The van der Waals surface area contributed by atoms with E-state index in [1.165, 1.54) is 18.5 Å². The summed E-state index contributed by atoms with van der Waals surface area (Å²) in [6.45, 7) is 1.28. The van der Waals surface area contributed by atoms with Crippen LogP contribution in [-0.4, -0.2) is 42.9 Å². The Labute approximate surface area is 159 Å². The molecule has 0 atom stereocenters. The zero-order valence-corrected chi connectivity index (χ0v) is 14.9. The van der Waals surface area contributed by atoms with Gasteiger partial charge in [-0.15, -0.1) is 0 Å². The van der Waals surface area contributed by atoms with Crippen molar-refractivity contribution >= 4 is 18.3 Å². The van der Waals surface area contributed by atoms with Gasteiger partial charge in [-0.3, -0.25) is 9.78 Å². The fraction of sp³-hybridized carbons (Fsp3) is 0.111. The molecular weight excluding hydrogens is 362 g/mol. The topological polar surface area (TPSA) is 127 Å². The van der Waals surface area contributed by atoms with Crippen LogP contribution in [0.25, 0.3) is 0 Å². The molecule has 3 aromatic rings. The predicted octanol–water partition coefficient (Wildman–Crippen LogP) is 0.486. The van der Waals surface area contributed by atoms with Gasteiger partial charge >= 0.3 is 5.69 Å².